The third kappa shape index (κ3) is 11.3. The molecular weight excluding hydrogens is 280 g/mol. The van der Waals surface area contributed by atoms with E-state index in [1.54, 1.807) is 18.2 Å². The number of aldehydes is 1. The number of hydrogen-bond acceptors (Lipinski definition) is 5. The summed E-state index contributed by atoms with van der Waals surface area (Å²) in [6.07, 6.45) is 1.32. The SMILES string of the molecule is CC.CN.Nc1cccc(CC=O)c1.Oc1cccc(O)c1. The van der Waals surface area contributed by atoms with Gasteiger partial charge in [0.2, 0.25) is 0 Å². The van der Waals surface area contributed by atoms with Crippen LogP contribution >= 0.6 is 0 Å². The largest absolute Gasteiger partial charge is 0.508 e. The first-order valence-electron chi connectivity index (χ1n) is 6.95. The molecule has 6 N–H and O–H groups in total. The second kappa shape index (κ2) is 14.9. The zero-order valence-electron chi connectivity index (χ0n) is 13.4. The van der Waals surface area contributed by atoms with Gasteiger partial charge in [0.1, 0.15) is 17.8 Å². The Morgan fingerprint density at radius 1 is 0.955 bits per heavy atom. The number of rotatable bonds is 2. The van der Waals surface area contributed by atoms with Crippen molar-refractivity contribution in [3.05, 3.63) is 54.1 Å². The predicted octanol–water partition coefficient (Wildman–Crippen LogP) is 2.71. The molecule has 0 unspecified atom stereocenters. The van der Waals surface area contributed by atoms with Crippen molar-refractivity contribution >= 4 is 12.0 Å². The Morgan fingerprint density at radius 2 is 1.45 bits per heavy atom. The van der Waals surface area contributed by atoms with E-state index < -0.39 is 0 Å². The van der Waals surface area contributed by atoms with E-state index in [-0.39, 0.29) is 11.5 Å². The zero-order valence-corrected chi connectivity index (χ0v) is 13.4. The third-order valence-electron chi connectivity index (χ3n) is 2.10. The van der Waals surface area contributed by atoms with E-state index in [1.165, 1.54) is 25.2 Å². The van der Waals surface area contributed by atoms with E-state index in [9.17, 15) is 4.79 Å². The van der Waals surface area contributed by atoms with Crippen LogP contribution in [0.3, 0.4) is 0 Å². The molecule has 2 aromatic rings. The van der Waals surface area contributed by atoms with Crippen LogP contribution in [0.4, 0.5) is 5.69 Å². The molecule has 0 amide bonds. The Balaban J connectivity index is 0. The van der Waals surface area contributed by atoms with Gasteiger partial charge in [0, 0.05) is 18.2 Å². The first-order valence-corrected chi connectivity index (χ1v) is 6.95. The van der Waals surface area contributed by atoms with Crippen molar-refractivity contribution in [2.24, 2.45) is 5.73 Å². The Hall–Kier alpha value is -2.53. The Kier molecular flexibility index (Phi) is 14.7. The fourth-order valence-electron chi connectivity index (χ4n) is 1.31. The summed E-state index contributed by atoms with van der Waals surface area (Å²) in [5, 5.41) is 17.3. The molecule has 0 saturated heterocycles. The first-order chi connectivity index (χ1) is 10.6. The van der Waals surface area contributed by atoms with Gasteiger partial charge in [-0.1, -0.05) is 32.0 Å². The highest BCUT2D eigenvalue weighted by atomic mass is 16.3. The molecule has 0 aliphatic rings. The second-order valence-electron chi connectivity index (χ2n) is 3.64. The van der Waals surface area contributed by atoms with Gasteiger partial charge in [-0.3, -0.25) is 0 Å². The Bertz CT molecular complexity index is 500. The van der Waals surface area contributed by atoms with Gasteiger partial charge < -0.3 is 26.5 Å². The van der Waals surface area contributed by atoms with E-state index in [4.69, 9.17) is 15.9 Å². The number of nitrogen functional groups attached to an aromatic ring is 1. The van der Waals surface area contributed by atoms with Crippen LogP contribution in [0, 0.1) is 0 Å². The summed E-state index contributed by atoms with van der Waals surface area (Å²) in [6.45, 7) is 4.00. The highest BCUT2D eigenvalue weighted by Gasteiger charge is 1.89. The number of carbonyl (C=O) groups is 1. The maximum absolute atomic E-state index is 10.0. The maximum atomic E-state index is 10.0. The minimum Gasteiger partial charge on any atom is -0.508 e. The topological polar surface area (TPSA) is 110 Å². The average Bonchev–Trinajstić information content (AvgIpc) is 2.52. The predicted molar refractivity (Wildman–Crippen MR) is 91.9 cm³/mol. The number of phenols is 2. The number of carbonyl (C=O) groups excluding carboxylic acids is 1. The number of hydrogen-bond donors (Lipinski definition) is 4. The molecule has 0 aliphatic heterocycles. The van der Waals surface area contributed by atoms with Crippen LogP contribution in [-0.4, -0.2) is 23.5 Å². The van der Waals surface area contributed by atoms with Crippen LogP contribution in [0.5, 0.6) is 11.5 Å². The van der Waals surface area contributed by atoms with Gasteiger partial charge in [-0.25, -0.2) is 0 Å². The molecule has 122 valence electrons. The molecule has 0 aliphatic carbocycles. The fraction of sp³-hybridized carbons (Fsp3) is 0.235. The molecule has 0 spiro atoms. The molecule has 5 nitrogen and oxygen atoms in total. The van der Waals surface area contributed by atoms with Crippen molar-refractivity contribution < 1.29 is 15.0 Å². The number of phenolic OH excluding ortho intramolecular Hbond substituents is 2. The lowest BCUT2D eigenvalue weighted by atomic mass is 10.1. The summed E-state index contributed by atoms with van der Waals surface area (Å²) in [7, 11) is 1.50. The first kappa shape index (κ1) is 21.8. The van der Waals surface area contributed by atoms with Crippen molar-refractivity contribution in [3.8, 4) is 11.5 Å². The molecule has 2 rings (SSSR count). The minimum atomic E-state index is 0.0880. The van der Waals surface area contributed by atoms with Gasteiger partial charge in [0.05, 0.1) is 0 Å². The summed E-state index contributed by atoms with van der Waals surface area (Å²) >= 11 is 0. The number of nitrogens with two attached hydrogens (primary N) is 2. The maximum Gasteiger partial charge on any atom is 0.124 e. The monoisotopic (exact) mass is 306 g/mol. The lowest BCUT2D eigenvalue weighted by molar-refractivity contribution is -0.107. The second-order valence-corrected chi connectivity index (χ2v) is 3.64. The molecule has 0 bridgehead atoms. The van der Waals surface area contributed by atoms with Crippen LogP contribution in [-0.2, 0) is 11.2 Å². The summed E-state index contributed by atoms with van der Waals surface area (Å²) in [6, 6.07) is 13.2. The molecule has 5 heteroatoms. The van der Waals surface area contributed by atoms with E-state index in [0.29, 0.717) is 12.1 Å². The lowest BCUT2D eigenvalue weighted by Crippen LogP contribution is -1.88. The van der Waals surface area contributed by atoms with Crippen LogP contribution in [0.2, 0.25) is 0 Å². The van der Waals surface area contributed by atoms with E-state index in [0.717, 1.165) is 11.8 Å². The summed E-state index contributed by atoms with van der Waals surface area (Å²) in [5.41, 5.74) is 11.6. The molecule has 22 heavy (non-hydrogen) atoms. The normalized spacial score (nSPS) is 8.00. The van der Waals surface area contributed by atoms with Gasteiger partial charge in [-0.15, -0.1) is 0 Å². The summed E-state index contributed by atoms with van der Waals surface area (Å²) in [5.74, 6) is 0.176. The highest BCUT2D eigenvalue weighted by molar-refractivity contribution is 5.56. The fourth-order valence-corrected chi connectivity index (χ4v) is 1.31. The van der Waals surface area contributed by atoms with Gasteiger partial charge in [0.25, 0.3) is 0 Å². The molecule has 0 atom stereocenters. The third-order valence-corrected chi connectivity index (χ3v) is 2.10. The van der Waals surface area contributed by atoms with E-state index in [1.807, 2.05) is 26.0 Å². The Morgan fingerprint density at radius 3 is 1.82 bits per heavy atom. The molecule has 0 saturated carbocycles. The van der Waals surface area contributed by atoms with E-state index >= 15 is 0 Å². The smallest absolute Gasteiger partial charge is 0.124 e. The molecular formula is C17H26N2O3. The van der Waals surface area contributed by atoms with Gasteiger partial charge in [-0.05, 0) is 36.9 Å². The highest BCUT2D eigenvalue weighted by Crippen LogP contribution is 2.14. The van der Waals surface area contributed by atoms with Gasteiger partial charge in [-0.2, -0.15) is 0 Å². The van der Waals surface area contributed by atoms with E-state index in [2.05, 4.69) is 5.73 Å². The standard InChI is InChI=1S/C8H9NO.C6H6O2.C2H6.CH5N/c9-8-3-1-2-7(6-8)4-5-10;7-5-2-1-3-6(8)4-5;2*1-2/h1-3,5-6H,4,9H2;1-4,7-8H;1-2H3;2H2,1H3. The lowest BCUT2D eigenvalue weighted by Gasteiger charge is -1.94. The minimum absolute atomic E-state index is 0.0880. The van der Waals surface area contributed by atoms with Crippen molar-refractivity contribution in [2.45, 2.75) is 20.3 Å². The van der Waals surface area contributed by atoms with Crippen LogP contribution in [0.1, 0.15) is 19.4 Å². The van der Waals surface area contributed by atoms with Gasteiger partial charge >= 0.3 is 0 Å². The molecule has 0 radical (unpaired) electrons. The zero-order chi connectivity index (χ0) is 17.4. The Labute approximate surface area is 132 Å². The van der Waals surface area contributed by atoms with Crippen molar-refractivity contribution in [1.29, 1.82) is 0 Å². The molecule has 0 heterocycles. The summed E-state index contributed by atoms with van der Waals surface area (Å²) < 4.78 is 0. The number of benzene rings is 2. The molecule has 0 aromatic heterocycles. The number of anilines is 1. The molecule has 2 aromatic carbocycles. The van der Waals surface area contributed by atoms with Crippen LogP contribution in [0.25, 0.3) is 0 Å². The van der Waals surface area contributed by atoms with Crippen LogP contribution in [0.15, 0.2) is 48.5 Å². The van der Waals surface area contributed by atoms with Crippen LogP contribution < -0.4 is 11.5 Å². The summed E-state index contributed by atoms with van der Waals surface area (Å²) in [4.78, 5) is 10.0. The number of aromatic hydroxyl groups is 2. The van der Waals surface area contributed by atoms with Gasteiger partial charge in [0.15, 0.2) is 0 Å². The van der Waals surface area contributed by atoms with Crippen molar-refractivity contribution in [3.63, 3.8) is 0 Å². The van der Waals surface area contributed by atoms with Crippen molar-refractivity contribution in [1.82, 2.24) is 0 Å². The van der Waals surface area contributed by atoms with Crippen molar-refractivity contribution in [2.75, 3.05) is 12.8 Å². The molecule has 0 fully saturated rings. The quantitative estimate of drug-likeness (QED) is 0.504. The average molecular weight is 306 g/mol.